The van der Waals surface area contributed by atoms with Gasteiger partial charge in [0.15, 0.2) is 0 Å². The first-order chi connectivity index (χ1) is 37.6. The Morgan fingerprint density at radius 3 is 1.38 bits per heavy atom. The van der Waals surface area contributed by atoms with E-state index in [0.717, 1.165) is 112 Å². The highest BCUT2D eigenvalue weighted by Crippen LogP contribution is 2.31. The molecule has 76 heavy (non-hydrogen) atoms. The van der Waals surface area contributed by atoms with Crippen molar-refractivity contribution in [2.75, 3.05) is 90.5 Å². The third-order valence-corrected chi connectivity index (χ3v) is 15.2. The first-order valence-electron chi connectivity index (χ1n) is 28.0. The second-order valence-corrected chi connectivity index (χ2v) is 20.5. The van der Waals surface area contributed by atoms with E-state index in [9.17, 15) is 0 Å². The molecule has 2 fully saturated rings. The van der Waals surface area contributed by atoms with Crippen molar-refractivity contribution in [1.29, 1.82) is 0 Å². The third-order valence-electron chi connectivity index (χ3n) is 15.2. The molecule has 0 bridgehead atoms. The number of hydrogen-bond donors (Lipinski definition) is 6. The minimum absolute atomic E-state index is 0.403. The molecular formula is C64H82N6O6. The van der Waals surface area contributed by atoms with E-state index in [0.29, 0.717) is 63.6 Å². The van der Waals surface area contributed by atoms with Gasteiger partial charge in [-0.05, 0) is 134 Å². The van der Waals surface area contributed by atoms with Gasteiger partial charge in [0.05, 0.1) is 53.9 Å². The van der Waals surface area contributed by atoms with Crippen molar-refractivity contribution in [1.82, 2.24) is 21.3 Å². The molecule has 0 aromatic heterocycles. The average Bonchev–Trinajstić information content (AvgIpc) is 3.49. The zero-order valence-electron chi connectivity index (χ0n) is 45.0. The smallest absolute Gasteiger partial charge is 0.124 e. The molecule has 12 heteroatoms. The Morgan fingerprint density at radius 2 is 0.934 bits per heavy atom. The summed E-state index contributed by atoms with van der Waals surface area (Å²) in [7, 11) is 3.38. The molecular weight excluding hydrogens is 949 g/mol. The number of anilines is 2. The Kier molecular flexibility index (Phi) is 21.2. The number of methoxy groups -OCH3 is 2. The first kappa shape index (κ1) is 54.7. The molecule has 6 aromatic rings. The van der Waals surface area contributed by atoms with Gasteiger partial charge in [0.1, 0.15) is 23.0 Å². The summed E-state index contributed by atoms with van der Waals surface area (Å²) >= 11 is 0. The molecule has 0 aliphatic carbocycles. The lowest BCUT2D eigenvalue weighted by molar-refractivity contribution is 0.105. The van der Waals surface area contributed by atoms with Gasteiger partial charge in [0.25, 0.3) is 0 Å². The Hall–Kier alpha value is -6.12. The zero-order chi connectivity index (χ0) is 52.0. The van der Waals surface area contributed by atoms with E-state index in [4.69, 9.17) is 28.4 Å². The Bertz CT molecular complexity index is 2480. The molecule has 6 aromatic carbocycles. The van der Waals surface area contributed by atoms with E-state index in [-0.39, 0.29) is 0 Å². The van der Waals surface area contributed by atoms with Gasteiger partial charge in [-0.2, -0.15) is 0 Å². The lowest BCUT2D eigenvalue weighted by Crippen LogP contribution is -2.47. The summed E-state index contributed by atoms with van der Waals surface area (Å²) in [5.74, 6) is 4.54. The second-order valence-electron chi connectivity index (χ2n) is 20.5. The summed E-state index contributed by atoms with van der Waals surface area (Å²) in [6.07, 6.45) is 8.77. The van der Waals surface area contributed by atoms with Crippen molar-refractivity contribution in [3.05, 3.63) is 178 Å². The molecule has 4 aliphatic rings. The number of fused-ring (bicyclic) bond motifs is 2. The predicted molar refractivity (Wildman–Crippen MR) is 307 cm³/mol. The van der Waals surface area contributed by atoms with Gasteiger partial charge in [-0.15, -0.1) is 0 Å². The van der Waals surface area contributed by atoms with E-state index >= 15 is 0 Å². The third kappa shape index (κ3) is 16.0. The molecule has 12 nitrogen and oxygen atoms in total. The van der Waals surface area contributed by atoms with Crippen molar-refractivity contribution in [2.45, 2.75) is 102 Å². The molecule has 10 rings (SSSR count). The Labute approximate surface area is 452 Å². The number of ether oxygens (including phenoxy) is 6. The van der Waals surface area contributed by atoms with E-state index < -0.39 is 0 Å². The lowest BCUT2D eigenvalue weighted by Gasteiger charge is -2.33. The van der Waals surface area contributed by atoms with Gasteiger partial charge in [-0.25, -0.2) is 0 Å². The summed E-state index contributed by atoms with van der Waals surface area (Å²) in [5.41, 5.74) is 13.1. The van der Waals surface area contributed by atoms with Gasteiger partial charge < -0.3 is 60.3 Å². The number of hydrogen-bond acceptors (Lipinski definition) is 12. The molecule has 4 aliphatic heterocycles. The minimum atomic E-state index is 0.403. The molecule has 0 amide bonds. The van der Waals surface area contributed by atoms with Crippen LogP contribution in [0.5, 0.6) is 23.0 Å². The van der Waals surface area contributed by atoms with E-state index in [2.05, 4.69) is 117 Å². The van der Waals surface area contributed by atoms with Crippen LogP contribution in [0.25, 0.3) is 0 Å². The van der Waals surface area contributed by atoms with Gasteiger partial charge in [-0.1, -0.05) is 84.9 Å². The number of para-hydroxylation sites is 2. The maximum Gasteiger partial charge on any atom is 0.124 e. The molecule has 0 radical (unpaired) electrons. The van der Waals surface area contributed by atoms with Gasteiger partial charge >= 0.3 is 0 Å². The molecule has 6 N–H and O–H groups in total. The van der Waals surface area contributed by atoms with Crippen LogP contribution in [0.2, 0.25) is 0 Å². The molecule has 4 heterocycles. The highest BCUT2D eigenvalue weighted by molar-refractivity contribution is 5.56. The number of aryl methyl sites for hydroxylation is 2. The molecule has 2 saturated heterocycles. The molecule has 404 valence electrons. The predicted octanol–water partition coefficient (Wildman–Crippen LogP) is 10.5. The monoisotopic (exact) mass is 1030 g/mol. The van der Waals surface area contributed by atoms with Gasteiger partial charge in [0.2, 0.25) is 0 Å². The number of rotatable bonds is 24. The van der Waals surface area contributed by atoms with Crippen molar-refractivity contribution in [2.24, 2.45) is 0 Å². The number of nitrogens with one attached hydrogen (secondary N) is 6. The van der Waals surface area contributed by atoms with Crippen LogP contribution in [-0.2, 0) is 48.6 Å². The van der Waals surface area contributed by atoms with E-state index in [1.54, 1.807) is 14.2 Å². The van der Waals surface area contributed by atoms with Crippen LogP contribution in [0, 0.1) is 0 Å². The van der Waals surface area contributed by atoms with Crippen LogP contribution in [0.3, 0.4) is 0 Å². The van der Waals surface area contributed by atoms with Crippen molar-refractivity contribution in [3.8, 4) is 23.0 Å². The van der Waals surface area contributed by atoms with Gasteiger partial charge in [0, 0.05) is 98.5 Å². The topological polar surface area (TPSA) is 128 Å². The Morgan fingerprint density at radius 1 is 0.487 bits per heavy atom. The van der Waals surface area contributed by atoms with E-state index in [1.807, 2.05) is 48.5 Å². The first-order valence-corrected chi connectivity index (χ1v) is 28.0. The maximum absolute atomic E-state index is 5.98. The largest absolute Gasteiger partial charge is 0.496 e. The second kappa shape index (κ2) is 29.4. The standard InChI is InChI=1S/2C32H41N3O3/c2*1-36-32-8-3-2-6-27(32)23-37-18-5-19-38-28-13-11-25(12-14-28)29-15-17-33-22-31(29)35-21-24-9-10-26-7-4-16-34-30(26)20-24/h2*2-3,6,8-14,20,29,31,33-35H,4-5,7,15-19,21-23H2,1H3/t2*29-,31-/m10/s1. The fraction of sp³-hybridized carbons (Fsp3) is 0.438. The number of piperidine rings is 2. The number of benzene rings is 6. The Balaban J connectivity index is 0.000000186. The van der Waals surface area contributed by atoms with Crippen molar-refractivity contribution >= 4 is 11.4 Å². The summed E-state index contributed by atoms with van der Waals surface area (Å²) < 4.78 is 34.4. The van der Waals surface area contributed by atoms with Crippen molar-refractivity contribution in [3.63, 3.8) is 0 Å². The average molecular weight is 1030 g/mol. The van der Waals surface area contributed by atoms with Crippen molar-refractivity contribution < 1.29 is 28.4 Å². The summed E-state index contributed by atoms with van der Waals surface area (Å²) in [5, 5.41) is 21.9. The fourth-order valence-electron chi connectivity index (χ4n) is 11.0. The summed E-state index contributed by atoms with van der Waals surface area (Å²) in [6, 6.07) is 47.9. The maximum atomic E-state index is 5.98. The summed E-state index contributed by atoms with van der Waals surface area (Å²) in [4.78, 5) is 0. The molecule has 4 atom stereocenters. The SMILES string of the molecule is COc1ccccc1COCCCOc1ccc([C@@H]2CCNC[C@@H]2NCc2ccc3c(c2)NCCC3)cc1.COc1ccccc1COCCCOc1ccc([C@H]2CCNC[C@H]2NCc2ccc3c(c2)NCCC3)cc1. The summed E-state index contributed by atoms with van der Waals surface area (Å²) in [6.45, 7) is 11.7. The quantitative estimate of drug-likeness (QED) is 0.0323. The highest BCUT2D eigenvalue weighted by Gasteiger charge is 2.28. The van der Waals surface area contributed by atoms with Crippen LogP contribution >= 0.6 is 0 Å². The van der Waals surface area contributed by atoms with Crippen LogP contribution in [-0.4, -0.2) is 92.0 Å². The van der Waals surface area contributed by atoms with Gasteiger partial charge in [-0.3, -0.25) is 0 Å². The lowest BCUT2D eigenvalue weighted by atomic mass is 9.86. The van der Waals surface area contributed by atoms with Crippen LogP contribution in [0.4, 0.5) is 11.4 Å². The normalized spacial score (nSPS) is 18.9. The minimum Gasteiger partial charge on any atom is -0.496 e. The van der Waals surface area contributed by atoms with Crippen LogP contribution in [0.1, 0.15) is 94.9 Å². The fourth-order valence-corrected chi connectivity index (χ4v) is 11.0. The van der Waals surface area contributed by atoms with E-state index in [1.165, 1.54) is 70.4 Å². The molecule has 0 unspecified atom stereocenters. The zero-order valence-corrected chi connectivity index (χ0v) is 45.0. The van der Waals surface area contributed by atoms with Crippen LogP contribution in [0.15, 0.2) is 133 Å². The molecule has 0 saturated carbocycles. The van der Waals surface area contributed by atoms with Crippen LogP contribution < -0.4 is 50.8 Å². The molecule has 0 spiro atoms. The highest BCUT2D eigenvalue weighted by atomic mass is 16.5.